The Bertz CT molecular complexity index is 238. The zero-order valence-corrected chi connectivity index (χ0v) is 9.32. The van der Waals surface area contributed by atoms with Gasteiger partial charge in [0.25, 0.3) is 0 Å². The van der Waals surface area contributed by atoms with E-state index in [4.69, 9.17) is 4.74 Å². The van der Waals surface area contributed by atoms with Gasteiger partial charge < -0.3 is 10.1 Å². The van der Waals surface area contributed by atoms with Crippen LogP contribution in [0.5, 0.6) is 0 Å². The van der Waals surface area contributed by atoms with Crippen molar-refractivity contribution < 1.29 is 27.1 Å². The second kappa shape index (κ2) is 5.47. The van der Waals surface area contributed by atoms with Gasteiger partial charge in [0.2, 0.25) is 5.91 Å². The summed E-state index contributed by atoms with van der Waals surface area (Å²) < 4.78 is 53.1. The van der Waals surface area contributed by atoms with Crippen molar-refractivity contribution in [3.05, 3.63) is 0 Å². The standard InChI is InChI=1S/C9H15F4NO2/c1-8(2,3)16-4-6(15)14-5-9(12,13)7(10)11/h7H,4-5H2,1-3H3,(H,14,15). The highest BCUT2D eigenvalue weighted by Crippen LogP contribution is 2.21. The van der Waals surface area contributed by atoms with E-state index in [-0.39, 0.29) is 0 Å². The highest BCUT2D eigenvalue weighted by Gasteiger charge is 2.40. The average molecular weight is 245 g/mol. The maximum Gasteiger partial charge on any atom is 0.324 e. The van der Waals surface area contributed by atoms with Crippen molar-refractivity contribution in [1.82, 2.24) is 5.32 Å². The fourth-order valence-electron chi connectivity index (χ4n) is 0.627. The summed E-state index contributed by atoms with van der Waals surface area (Å²) in [5, 5.41) is 1.68. The first-order valence-corrected chi connectivity index (χ1v) is 4.61. The fraction of sp³-hybridized carbons (Fsp3) is 0.889. The molecule has 0 spiro atoms. The lowest BCUT2D eigenvalue weighted by Gasteiger charge is -2.20. The SMILES string of the molecule is CC(C)(C)OCC(=O)NCC(F)(F)C(F)F. The lowest BCUT2D eigenvalue weighted by atomic mass is 10.2. The lowest BCUT2D eigenvalue weighted by molar-refractivity contribution is -0.141. The van der Waals surface area contributed by atoms with Gasteiger partial charge in [-0.25, -0.2) is 8.78 Å². The first-order valence-electron chi connectivity index (χ1n) is 4.61. The summed E-state index contributed by atoms with van der Waals surface area (Å²) in [6.07, 6.45) is -3.80. The largest absolute Gasteiger partial charge is 0.366 e. The van der Waals surface area contributed by atoms with Crippen molar-refractivity contribution in [2.24, 2.45) is 0 Å². The first-order chi connectivity index (χ1) is 7.04. The molecule has 1 N–H and O–H groups in total. The van der Waals surface area contributed by atoms with Crippen LogP contribution in [0.3, 0.4) is 0 Å². The topological polar surface area (TPSA) is 38.3 Å². The van der Waals surface area contributed by atoms with E-state index in [1.807, 2.05) is 0 Å². The molecular weight excluding hydrogens is 230 g/mol. The number of rotatable bonds is 5. The van der Waals surface area contributed by atoms with Crippen molar-refractivity contribution in [3.8, 4) is 0 Å². The summed E-state index contributed by atoms with van der Waals surface area (Å²) in [4.78, 5) is 10.9. The van der Waals surface area contributed by atoms with Gasteiger partial charge in [-0.15, -0.1) is 0 Å². The highest BCUT2D eigenvalue weighted by molar-refractivity contribution is 5.77. The number of hydrogen-bond donors (Lipinski definition) is 1. The number of alkyl halides is 4. The third kappa shape index (κ3) is 6.60. The number of ether oxygens (including phenoxy) is 1. The van der Waals surface area contributed by atoms with Gasteiger partial charge >= 0.3 is 12.3 Å². The van der Waals surface area contributed by atoms with Crippen LogP contribution < -0.4 is 5.32 Å². The van der Waals surface area contributed by atoms with Crippen molar-refractivity contribution in [2.45, 2.75) is 38.7 Å². The average Bonchev–Trinajstić information content (AvgIpc) is 2.10. The Morgan fingerprint density at radius 1 is 1.31 bits per heavy atom. The van der Waals surface area contributed by atoms with Crippen LogP contribution in [0.15, 0.2) is 0 Å². The predicted octanol–water partition coefficient (Wildman–Crippen LogP) is 1.82. The van der Waals surface area contributed by atoms with Crippen molar-refractivity contribution in [2.75, 3.05) is 13.2 Å². The molecule has 3 nitrogen and oxygen atoms in total. The Kier molecular flexibility index (Phi) is 5.18. The minimum atomic E-state index is -4.21. The molecule has 0 saturated heterocycles. The molecule has 0 aliphatic carbocycles. The molecule has 0 bridgehead atoms. The van der Waals surface area contributed by atoms with Crippen molar-refractivity contribution in [3.63, 3.8) is 0 Å². The molecule has 0 aliphatic rings. The third-order valence-electron chi connectivity index (χ3n) is 1.48. The van der Waals surface area contributed by atoms with E-state index in [0.29, 0.717) is 0 Å². The van der Waals surface area contributed by atoms with E-state index < -0.39 is 37.0 Å². The molecule has 0 aromatic heterocycles. The number of halogens is 4. The molecule has 0 radical (unpaired) electrons. The molecule has 0 atom stereocenters. The van der Waals surface area contributed by atoms with E-state index in [1.54, 1.807) is 26.1 Å². The fourth-order valence-corrected chi connectivity index (χ4v) is 0.627. The first kappa shape index (κ1) is 15.2. The highest BCUT2D eigenvalue weighted by atomic mass is 19.3. The summed E-state index contributed by atoms with van der Waals surface area (Å²) >= 11 is 0. The van der Waals surface area contributed by atoms with Crippen LogP contribution in [0.2, 0.25) is 0 Å². The Morgan fingerprint density at radius 2 is 1.81 bits per heavy atom. The molecular formula is C9H15F4NO2. The molecule has 0 aromatic rings. The van der Waals surface area contributed by atoms with E-state index >= 15 is 0 Å². The molecule has 1 amide bonds. The Morgan fingerprint density at radius 3 is 2.19 bits per heavy atom. The van der Waals surface area contributed by atoms with Crippen LogP contribution >= 0.6 is 0 Å². The third-order valence-corrected chi connectivity index (χ3v) is 1.48. The van der Waals surface area contributed by atoms with Gasteiger partial charge in [0.05, 0.1) is 12.1 Å². The Balaban J connectivity index is 3.91. The number of carbonyl (C=O) groups is 1. The molecule has 0 rings (SSSR count). The smallest absolute Gasteiger partial charge is 0.324 e. The predicted molar refractivity (Wildman–Crippen MR) is 49.7 cm³/mol. The molecule has 0 saturated carbocycles. The molecule has 0 unspecified atom stereocenters. The van der Waals surface area contributed by atoms with Gasteiger partial charge in [-0.2, -0.15) is 8.78 Å². The maximum absolute atomic E-state index is 12.4. The Labute approximate surface area is 91.1 Å². The van der Waals surface area contributed by atoms with Gasteiger partial charge in [-0.05, 0) is 20.8 Å². The zero-order chi connectivity index (χ0) is 13.0. The summed E-state index contributed by atoms with van der Waals surface area (Å²) in [6, 6.07) is 0. The van der Waals surface area contributed by atoms with E-state index in [9.17, 15) is 22.4 Å². The number of hydrogen-bond acceptors (Lipinski definition) is 2. The van der Waals surface area contributed by atoms with Gasteiger partial charge in [0.15, 0.2) is 0 Å². The molecule has 16 heavy (non-hydrogen) atoms. The van der Waals surface area contributed by atoms with Crippen LogP contribution in [0.1, 0.15) is 20.8 Å². The molecule has 0 aliphatic heterocycles. The van der Waals surface area contributed by atoms with Crippen molar-refractivity contribution in [1.29, 1.82) is 0 Å². The second-order valence-corrected chi connectivity index (χ2v) is 4.24. The summed E-state index contributed by atoms with van der Waals surface area (Å²) in [7, 11) is 0. The Hall–Kier alpha value is -0.850. The summed E-state index contributed by atoms with van der Waals surface area (Å²) in [6.45, 7) is 3.19. The van der Waals surface area contributed by atoms with Gasteiger partial charge in [0, 0.05) is 0 Å². The van der Waals surface area contributed by atoms with Gasteiger partial charge in [0.1, 0.15) is 6.61 Å². The van der Waals surface area contributed by atoms with Crippen LogP contribution in [-0.4, -0.2) is 37.0 Å². The number of carbonyl (C=O) groups excluding carboxylic acids is 1. The molecule has 96 valence electrons. The van der Waals surface area contributed by atoms with E-state index in [0.717, 1.165) is 0 Å². The molecule has 0 aromatic carbocycles. The monoisotopic (exact) mass is 245 g/mol. The minimum Gasteiger partial charge on any atom is -0.366 e. The number of amides is 1. The maximum atomic E-state index is 12.4. The lowest BCUT2D eigenvalue weighted by Crippen LogP contribution is -2.43. The summed E-state index contributed by atoms with van der Waals surface area (Å²) in [5.74, 6) is -5.06. The molecule has 7 heteroatoms. The van der Waals surface area contributed by atoms with Crippen LogP contribution in [0, 0.1) is 0 Å². The van der Waals surface area contributed by atoms with E-state index in [2.05, 4.69) is 0 Å². The minimum absolute atomic E-state index is 0.442. The number of nitrogens with one attached hydrogen (secondary N) is 1. The zero-order valence-electron chi connectivity index (χ0n) is 9.32. The quantitative estimate of drug-likeness (QED) is 0.750. The summed E-state index contributed by atoms with van der Waals surface area (Å²) in [5.41, 5.74) is -0.595. The van der Waals surface area contributed by atoms with Crippen molar-refractivity contribution >= 4 is 5.91 Å². The van der Waals surface area contributed by atoms with Crippen LogP contribution in [0.4, 0.5) is 17.6 Å². The van der Waals surface area contributed by atoms with E-state index in [1.165, 1.54) is 0 Å². The molecule has 0 heterocycles. The molecule has 0 fully saturated rings. The van der Waals surface area contributed by atoms with Crippen LogP contribution in [-0.2, 0) is 9.53 Å². The van der Waals surface area contributed by atoms with Gasteiger partial charge in [-0.3, -0.25) is 4.79 Å². The van der Waals surface area contributed by atoms with Crippen LogP contribution in [0.25, 0.3) is 0 Å². The normalized spacial score (nSPS) is 13.0. The second-order valence-electron chi connectivity index (χ2n) is 4.24. The van der Waals surface area contributed by atoms with Gasteiger partial charge in [-0.1, -0.05) is 0 Å².